The molecule has 0 spiro atoms. The molecule has 6 heteroatoms. The zero-order valence-corrected chi connectivity index (χ0v) is 12.3. The minimum Gasteiger partial charge on any atom is -0.495 e. The predicted octanol–water partition coefficient (Wildman–Crippen LogP) is 3.26. The third-order valence-electron chi connectivity index (χ3n) is 2.71. The van der Waals surface area contributed by atoms with Crippen LogP contribution in [-0.4, -0.2) is 19.1 Å². The molecule has 0 atom stereocenters. The maximum atomic E-state index is 11.9. The summed E-state index contributed by atoms with van der Waals surface area (Å²) in [5.41, 5.74) is 0.943. The van der Waals surface area contributed by atoms with Crippen LogP contribution in [0.4, 0.5) is 16.2 Å². The van der Waals surface area contributed by atoms with Gasteiger partial charge in [0, 0.05) is 12.6 Å². The molecule has 0 radical (unpaired) electrons. The monoisotopic (exact) mass is 300 g/mol. The summed E-state index contributed by atoms with van der Waals surface area (Å²) in [6, 6.07) is 13.6. The van der Waals surface area contributed by atoms with Crippen LogP contribution in [0.3, 0.4) is 0 Å². The smallest absolute Gasteiger partial charge is 0.417 e. The third kappa shape index (κ3) is 4.24. The highest BCUT2D eigenvalue weighted by Crippen LogP contribution is 2.28. The van der Waals surface area contributed by atoms with Crippen molar-refractivity contribution < 1.29 is 19.1 Å². The molecule has 114 valence electrons. The van der Waals surface area contributed by atoms with E-state index in [4.69, 9.17) is 9.47 Å². The van der Waals surface area contributed by atoms with Crippen LogP contribution in [0.5, 0.6) is 11.5 Å². The molecule has 0 unspecified atom stereocenters. The number of anilines is 2. The van der Waals surface area contributed by atoms with Gasteiger partial charge in [0.15, 0.2) is 0 Å². The highest BCUT2D eigenvalue weighted by molar-refractivity contribution is 5.92. The zero-order valence-electron chi connectivity index (χ0n) is 12.3. The second-order valence-electron chi connectivity index (χ2n) is 4.42. The number of hydrogen-bond acceptors (Lipinski definition) is 4. The molecular formula is C16H16N2O4. The Morgan fingerprint density at radius 3 is 2.36 bits per heavy atom. The summed E-state index contributed by atoms with van der Waals surface area (Å²) in [6.45, 7) is 1.40. The molecule has 0 aliphatic heterocycles. The minimum atomic E-state index is -0.649. The van der Waals surface area contributed by atoms with Crippen molar-refractivity contribution in [2.45, 2.75) is 6.92 Å². The number of methoxy groups -OCH3 is 1. The van der Waals surface area contributed by atoms with Crippen LogP contribution in [0.2, 0.25) is 0 Å². The molecule has 0 fully saturated rings. The number of amides is 2. The SMILES string of the molecule is COc1ccc(NC(C)=O)cc1NC(=O)Oc1ccccc1. The van der Waals surface area contributed by atoms with Crippen LogP contribution in [0.1, 0.15) is 6.92 Å². The highest BCUT2D eigenvalue weighted by Gasteiger charge is 2.11. The lowest BCUT2D eigenvalue weighted by molar-refractivity contribution is -0.114. The van der Waals surface area contributed by atoms with E-state index >= 15 is 0 Å². The van der Waals surface area contributed by atoms with Gasteiger partial charge in [-0.3, -0.25) is 10.1 Å². The maximum absolute atomic E-state index is 11.9. The van der Waals surface area contributed by atoms with E-state index in [2.05, 4.69) is 10.6 Å². The van der Waals surface area contributed by atoms with Crippen LogP contribution in [-0.2, 0) is 4.79 Å². The number of benzene rings is 2. The van der Waals surface area contributed by atoms with Crippen LogP contribution < -0.4 is 20.1 Å². The normalized spacial score (nSPS) is 9.73. The lowest BCUT2D eigenvalue weighted by Gasteiger charge is -2.12. The van der Waals surface area contributed by atoms with Crippen LogP contribution in [0.25, 0.3) is 0 Å². The summed E-state index contributed by atoms with van der Waals surface area (Å²) in [4.78, 5) is 23.0. The molecule has 0 saturated carbocycles. The molecule has 0 aliphatic carbocycles. The summed E-state index contributed by atoms with van der Waals surface area (Å²) < 4.78 is 10.3. The fourth-order valence-electron chi connectivity index (χ4n) is 1.82. The van der Waals surface area contributed by atoms with Gasteiger partial charge in [0.1, 0.15) is 11.5 Å². The van der Waals surface area contributed by atoms with E-state index in [1.54, 1.807) is 42.5 Å². The molecule has 0 aliphatic rings. The van der Waals surface area contributed by atoms with Crippen molar-refractivity contribution in [3.05, 3.63) is 48.5 Å². The Labute approximate surface area is 128 Å². The summed E-state index contributed by atoms with van der Waals surface area (Å²) >= 11 is 0. The molecule has 2 aromatic rings. The summed E-state index contributed by atoms with van der Waals surface area (Å²) in [5.74, 6) is 0.680. The van der Waals surface area contributed by atoms with Gasteiger partial charge >= 0.3 is 6.09 Å². The van der Waals surface area contributed by atoms with E-state index in [1.165, 1.54) is 14.0 Å². The average molecular weight is 300 g/mol. The molecule has 22 heavy (non-hydrogen) atoms. The van der Waals surface area contributed by atoms with Gasteiger partial charge in [-0.1, -0.05) is 18.2 Å². The van der Waals surface area contributed by atoms with Crippen LogP contribution in [0, 0.1) is 0 Å². The van der Waals surface area contributed by atoms with Crippen molar-refractivity contribution in [2.75, 3.05) is 17.7 Å². The second kappa shape index (κ2) is 7.12. The third-order valence-corrected chi connectivity index (χ3v) is 2.71. The molecule has 0 aromatic heterocycles. The Bertz CT molecular complexity index is 671. The summed E-state index contributed by atoms with van der Waals surface area (Å²) in [6.07, 6.45) is -0.649. The Morgan fingerprint density at radius 1 is 1.00 bits per heavy atom. The van der Waals surface area contributed by atoms with Crippen LogP contribution >= 0.6 is 0 Å². The number of hydrogen-bond donors (Lipinski definition) is 2. The highest BCUT2D eigenvalue weighted by atomic mass is 16.6. The van der Waals surface area contributed by atoms with Crippen molar-refractivity contribution in [1.29, 1.82) is 0 Å². The van der Waals surface area contributed by atoms with E-state index in [9.17, 15) is 9.59 Å². The number of nitrogens with one attached hydrogen (secondary N) is 2. The van der Waals surface area contributed by atoms with Gasteiger partial charge in [-0.2, -0.15) is 0 Å². The first-order chi connectivity index (χ1) is 10.6. The zero-order chi connectivity index (χ0) is 15.9. The fourth-order valence-corrected chi connectivity index (χ4v) is 1.82. The van der Waals surface area contributed by atoms with Gasteiger partial charge in [0.25, 0.3) is 0 Å². The predicted molar refractivity (Wildman–Crippen MR) is 83.4 cm³/mol. The second-order valence-corrected chi connectivity index (χ2v) is 4.42. The van der Waals surface area contributed by atoms with Crippen molar-refractivity contribution in [2.24, 2.45) is 0 Å². The van der Waals surface area contributed by atoms with E-state index in [1.807, 2.05) is 6.07 Å². The standard InChI is InChI=1S/C16H16N2O4/c1-11(19)17-12-8-9-15(21-2)14(10-12)18-16(20)22-13-6-4-3-5-7-13/h3-10H,1-2H3,(H,17,19)(H,18,20). The molecular weight excluding hydrogens is 284 g/mol. The van der Waals surface area contributed by atoms with Gasteiger partial charge < -0.3 is 14.8 Å². The van der Waals surface area contributed by atoms with Gasteiger partial charge in [0.2, 0.25) is 5.91 Å². The summed E-state index contributed by atoms with van der Waals surface area (Å²) in [5, 5.41) is 5.22. The van der Waals surface area contributed by atoms with Crippen molar-refractivity contribution in [3.63, 3.8) is 0 Å². The Hall–Kier alpha value is -3.02. The molecule has 2 aromatic carbocycles. The van der Waals surface area contributed by atoms with Gasteiger partial charge in [-0.05, 0) is 30.3 Å². The summed E-state index contributed by atoms with van der Waals surface area (Å²) in [7, 11) is 1.49. The first kappa shape index (κ1) is 15.4. The first-order valence-corrected chi connectivity index (χ1v) is 6.58. The van der Waals surface area contributed by atoms with Crippen molar-refractivity contribution in [1.82, 2.24) is 0 Å². The number of carbonyl (C=O) groups excluding carboxylic acids is 2. The first-order valence-electron chi connectivity index (χ1n) is 6.58. The molecule has 0 bridgehead atoms. The molecule has 0 saturated heterocycles. The maximum Gasteiger partial charge on any atom is 0.417 e. The average Bonchev–Trinajstić information content (AvgIpc) is 2.48. The van der Waals surface area contributed by atoms with Crippen LogP contribution in [0.15, 0.2) is 48.5 Å². The molecule has 2 amide bonds. The number of carbonyl (C=O) groups is 2. The largest absolute Gasteiger partial charge is 0.495 e. The Kier molecular flexibility index (Phi) is 4.98. The number of rotatable bonds is 4. The Balaban J connectivity index is 2.12. The molecule has 2 N–H and O–H groups in total. The topological polar surface area (TPSA) is 76.7 Å². The lowest BCUT2D eigenvalue weighted by Crippen LogP contribution is -2.17. The molecule has 2 rings (SSSR count). The quantitative estimate of drug-likeness (QED) is 0.908. The lowest BCUT2D eigenvalue weighted by atomic mass is 10.2. The van der Waals surface area contributed by atoms with Gasteiger partial charge in [-0.25, -0.2) is 4.79 Å². The Morgan fingerprint density at radius 2 is 1.73 bits per heavy atom. The number of ether oxygens (including phenoxy) is 2. The fraction of sp³-hybridized carbons (Fsp3) is 0.125. The van der Waals surface area contributed by atoms with E-state index in [0.717, 1.165) is 0 Å². The molecule has 0 heterocycles. The van der Waals surface area contributed by atoms with Crippen molar-refractivity contribution in [3.8, 4) is 11.5 Å². The van der Waals surface area contributed by atoms with E-state index in [-0.39, 0.29) is 5.91 Å². The molecule has 6 nitrogen and oxygen atoms in total. The van der Waals surface area contributed by atoms with E-state index in [0.29, 0.717) is 22.9 Å². The van der Waals surface area contributed by atoms with Gasteiger partial charge in [0.05, 0.1) is 12.8 Å². The van der Waals surface area contributed by atoms with E-state index < -0.39 is 6.09 Å². The van der Waals surface area contributed by atoms with Gasteiger partial charge in [-0.15, -0.1) is 0 Å². The van der Waals surface area contributed by atoms with Crippen molar-refractivity contribution >= 4 is 23.4 Å². The number of para-hydroxylation sites is 1. The minimum absolute atomic E-state index is 0.206.